The molecule has 0 aliphatic carbocycles. The SMILES string of the molecule is C=CCOc1ccc(OCC=C)c(I)c1C. The van der Waals surface area contributed by atoms with Gasteiger partial charge in [-0.3, -0.25) is 0 Å². The van der Waals surface area contributed by atoms with Crippen molar-refractivity contribution in [1.82, 2.24) is 0 Å². The van der Waals surface area contributed by atoms with Crippen molar-refractivity contribution in [1.29, 1.82) is 0 Å². The number of hydrogen-bond acceptors (Lipinski definition) is 2. The summed E-state index contributed by atoms with van der Waals surface area (Å²) in [5.74, 6) is 1.74. The van der Waals surface area contributed by atoms with Crippen LogP contribution in [0.5, 0.6) is 11.5 Å². The second kappa shape index (κ2) is 6.58. The van der Waals surface area contributed by atoms with Gasteiger partial charge in [0.15, 0.2) is 0 Å². The molecule has 0 bridgehead atoms. The average Bonchev–Trinajstić information content (AvgIpc) is 2.30. The van der Waals surface area contributed by atoms with Crippen LogP contribution >= 0.6 is 22.6 Å². The van der Waals surface area contributed by atoms with E-state index in [0.29, 0.717) is 13.2 Å². The van der Waals surface area contributed by atoms with Gasteiger partial charge in [-0.25, -0.2) is 0 Å². The molecule has 0 aliphatic heterocycles. The van der Waals surface area contributed by atoms with Crippen molar-refractivity contribution in [3.05, 3.63) is 46.6 Å². The van der Waals surface area contributed by atoms with Crippen molar-refractivity contribution in [2.24, 2.45) is 0 Å². The Morgan fingerprint density at radius 3 is 2.19 bits per heavy atom. The third-order valence-corrected chi connectivity index (χ3v) is 3.36. The first-order valence-electron chi connectivity index (χ1n) is 4.97. The molecule has 1 rings (SSSR count). The predicted molar refractivity (Wildman–Crippen MR) is 75.3 cm³/mol. The van der Waals surface area contributed by atoms with Crippen LogP contribution in [0.15, 0.2) is 37.4 Å². The highest BCUT2D eigenvalue weighted by Crippen LogP contribution is 2.31. The molecule has 0 aliphatic rings. The highest BCUT2D eigenvalue weighted by atomic mass is 127. The van der Waals surface area contributed by atoms with E-state index in [1.165, 1.54) is 0 Å². The van der Waals surface area contributed by atoms with Gasteiger partial charge in [-0.2, -0.15) is 0 Å². The molecular formula is C13H15IO2. The number of ether oxygens (including phenoxy) is 2. The molecule has 0 N–H and O–H groups in total. The van der Waals surface area contributed by atoms with Crippen LogP contribution < -0.4 is 9.47 Å². The first-order chi connectivity index (χ1) is 7.70. The lowest BCUT2D eigenvalue weighted by Gasteiger charge is -2.12. The second-order valence-corrected chi connectivity index (χ2v) is 4.28. The lowest BCUT2D eigenvalue weighted by Crippen LogP contribution is -2.00. The zero-order chi connectivity index (χ0) is 12.0. The maximum Gasteiger partial charge on any atom is 0.133 e. The fourth-order valence-corrected chi connectivity index (χ4v) is 1.81. The van der Waals surface area contributed by atoms with Gasteiger partial charge in [-0.15, -0.1) is 0 Å². The summed E-state index contributed by atoms with van der Waals surface area (Å²) in [4.78, 5) is 0. The van der Waals surface area contributed by atoms with E-state index in [4.69, 9.17) is 9.47 Å². The van der Waals surface area contributed by atoms with E-state index >= 15 is 0 Å². The summed E-state index contributed by atoms with van der Waals surface area (Å²) in [6.45, 7) is 10.3. The van der Waals surface area contributed by atoms with Crippen LogP contribution in [0, 0.1) is 10.5 Å². The molecule has 0 fully saturated rings. The van der Waals surface area contributed by atoms with Crippen LogP contribution in [0.3, 0.4) is 0 Å². The van der Waals surface area contributed by atoms with E-state index in [-0.39, 0.29) is 0 Å². The summed E-state index contributed by atoms with van der Waals surface area (Å²) in [5, 5.41) is 0. The van der Waals surface area contributed by atoms with Gasteiger partial charge >= 0.3 is 0 Å². The van der Waals surface area contributed by atoms with Crippen molar-refractivity contribution in [3.8, 4) is 11.5 Å². The van der Waals surface area contributed by atoms with E-state index < -0.39 is 0 Å². The third-order valence-electron chi connectivity index (χ3n) is 2.01. The average molecular weight is 330 g/mol. The van der Waals surface area contributed by atoms with Crippen molar-refractivity contribution in [2.75, 3.05) is 13.2 Å². The Balaban J connectivity index is 2.88. The summed E-state index contributed by atoms with van der Waals surface area (Å²) in [7, 11) is 0. The van der Waals surface area contributed by atoms with E-state index in [9.17, 15) is 0 Å². The Kier molecular flexibility index (Phi) is 5.38. The van der Waals surface area contributed by atoms with Crippen LogP contribution in [-0.4, -0.2) is 13.2 Å². The second-order valence-electron chi connectivity index (χ2n) is 3.20. The summed E-state index contributed by atoms with van der Waals surface area (Å²) in [6.07, 6.45) is 3.46. The number of benzene rings is 1. The van der Waals surface area contributed by atoms with Gasteiger partial charge in [0, 0.05) is 5.56 Å². The first-order valence-corrected chi connectivity index (χ1v) is 6.05. The molecule has 1 aromatic rings. The molecule has 0 amide bonds. The monoisotopic (exact) mass is 330 g/mol. The van der Waals surface area contributed by atoms with Crippen molar-refractivity contribution in [2.45, 2.75) is 6.92 Å². The highest BCUT2D eigenvalue weighted by Gasteiger charge is 2.08. The van der Waals surface area contributed by atoms with Gasteiger partial charge in [-0.05, 0) is 41.6 Å². The van der Waals surface area contributed by atoms with Gasteiger partial charge in [0.1, 0.15) is 24.7 Å². The van der Waals surface area contributed by atoms with Crippen molar-refractivity contribution in [3.63, 3.8) is 0 Å². The van der Waals surface area contributed by atoms with Gasteiger partial charge in [-0.1, -0.05) is 25.3 Å². The lowest BCUT2D eigenvalue weighted by molar-refractivity contribution is 0.348. The van der Waals surface area contributed by atoms with E-state index in [0.717, 1.165) is 20.6 Å². The zero-order valence-corrected chi connectivity index (χ0v) is 11.5. The molecule has 1 aromatic carbocycles. The van der Waals surface area contributed by atoms with Crippen LogP contribution in [0.4, 0.5) is 0 Å². The van der Waals surface area contributed by atoms with Gasteiger partial charge in [0.25, 0.3) is 0 Å². The smallest absolute Gasteiger partial charge is 0.133 e. The Morgan fingerprint density at radius 2 is 1.62 bits per heavy atom. The lowest BCUT2D eigenvalue weighted by atomic mass is 10.2. The molecule has 16 heavy (non-hydrogen) atoms. The topological polar surface area (TPSA) is 18.5 Å². The summed E-state index contributed by atoms with van der Waals surface area (Å²) < 4.78 is 12.1. The van der Waals surface area contributed by atoms with Crippen molar-refractivity contribution >= 4 is 22.6 Å². The van der Waals surface area contributed by atoms with Gasteiger partial charge < -0.3 is 9.47 Å². The number of halogens is 1. The Morgan fingerprint density at radius 1 is 1.12 bits per heavy atom. The minimum absolute atomic E-state index is 0.516. The van der Waals surface area contributed by atoms with E-state index in [2.05, 4.69) is 35.7 Å². The molecule has 2 nitrogen and oxygen atoms in total. The van der Waals surface area contributed by atoms with Crippen LogP contribution in [0.2, 0.25) is 0 Å². The predicted octanol–water partition coefficient (Wildman–Crippen LogP) is 3.73. The number of hydrogen-bond donors (Lipinski definition) is 0. The maximum atomic E-state index is 5.53. The zero-order valence-electron chi connectivity index (χ0n) is 9.33. The fraction of sp³-hybridized carbons (Fsp3) is 0.231. The molecule has 0 atom stereocenters. The summed E-state index contributed by atoms with van der Waals surface area (Å²) in [5.41, 5.74) is 1.09. The Hall–Kier alpha value is -0.970. The molecule has 0 radical (unpaired) electrons. The summed E-state index contributed by atoms with van der Waals surface area (Å²) in [6, 6.07) is 3.83. The standard InChI is InChI=1S/C13H15IO2/c1-4-8-15-11-6-7-12(16-9-5-2)13(14)10(11)3/h4-7H,1-2,8-9H2,3H3. The van der Waals surface area contributed by atoms with E-state index in [1.807, 2.05) is 19.1 Å². The third kappa shape index (κ3) is 3.27. The van der Waals surface area contributed by atoms with Crippen LogP contribution in [0.25, 0.3) is 0 Å². The van der Waals surface area contributed by atoms with Crippen LogP contribution in [-0.2, 0) is 0 Å². The molecule has 0 spiro atoms. The number of rotatable bonds is 6. The largest absolute Gasteiger partial charge is 0.489 e. The fourth-order valence-electron chi connectivity index (χ4n) is 1.21. The molecule has 0 unspecified atom stereocenters. The Labute approximate surface area is 110 Å². The van der Waals surface area contributed by atoms with E-state index in [1.54, 1.807) is 12.2 Å². The maximum absolute atomic E-state index is 5.53. The van der Waals surface area contributed by atoms with Gasteiger partial charge in [0.05, 0.1) is 3.57 Å². The van der Waals surface area contributed by atoms with Crippen LogP contribution in [0.1, 0.15) is 5.56 Å². The molecule has 86 valence electrons. The normalized spacial score (nSPS) is 9.62. The highest BCUT2D eigenvalue weighted by molar-refractivity contribution is 14.1. The molecule has 3 heteroatoms. The molecule has 0 saturated carbocycles. The molecular weight excluding hydrogens is 315 g/mol. The minimum Gasteiger partial charge on any atom is -0.489 e. The molecule has 0 heterocycles. The molecule has 0 aromatic heterocycles. The Bertz CT molecular complexity index is 349. The summed E-state index contributed by atoms with van der Waals surface area (Å²) >= 11 is 2.26. The quantitative estimate of drug-likeness (QED) is 0.585. The first kappa shape index (κ1) is 13.1. The van der Waals surface area contributed by atoms with Gasteiger partial charge in [0.2, 0.25) is 0 Å². The van der Waals surface area contributed by atoms with Crippen molar-refractivity contribution < 1.29 is 9.47 Å². The molecule has 0 saturated heterocycles. The minimum atomic E-state index is 0.516.